The standard InChI is InChI=1S/C40H46N4O8S2.2FH/c1-25(43-23-33(46)30-14-16-32(45)38-31(30)15-17-36(47)44-38)22-26-6-10-28(11-7-26)51-24-37(48)42-19-18-41-27-8-12-29(13-9-27)52-40(39(49)50,34-4-2-20-53-34)35-5-3-21-54-35;;/h2-7,10-11,14-17,20-21,25,27,29,33,41,43,45-46H,8-9,12-13,18-19,22-24H2,1H3,(H,42,48)(H,44,47)(H,49,50);2*1H/t25?,27?,29?,33-;;/m0../s1. The van der Waals surface area contributed by atoms with Gasteiger partial charge in [0, 0.05) is 43.2 Å². The molecule has 2 aromatic carbocycles. The van der Waals surface area contributed by atoms with Crippen molar-refractivity contribution in [2.24, 2.45) is 0 Å². The second-order valence-corrected chi connectivity index (χ2v) is 15.5. The highest BCUT2D eigenvalue weighted by Gasteiger charge is 2.48. The van der Waals surface area contributed by atoms with E-state index in [2.05, 4.69) is 20.9 Å². The number of nitrogens with one attached hydrogen (secondary N) is 4. The van der Waals surface area contributed by atoms with Crippen molar-refractivity contribution in [1.82, 2.24) is 20.9 Å². The number of carbonyl (C=O) groups is 2. The van der Waals surface area contributed by atoms with Crippen molar-refractivity contribution in [1.29, 1.82) is 0 Å². The maximum Gasteiger partial charge on any atom is 0.347 e. The van der Waals surface area contributed by atoms with Crippen LogP contribution in [0.4, 0.5) is 9.41 Å². The zero-order valence-corrected chi connectivity index (χ0v) is 32.4. The molecule has 3 aromatic heterocycles. The molecule has 1 aliphatic rings. The van der Waals surface area contributed by atoms with Gasteiger partial charge in [-0.15, -0.1) is 22.7 Å². The van der Waals surface area contributed by atoms with E-state index in [1.54, 1.807) is 12.1 Å². The Morgan fingerprint density at radius 2 is 1.61 bits per heavy atom. The third kappa shape index (κ3) is 10.8. The minimum Gasteiger partial charge on any atom is -0.506 e. The van der Waals surface area contributed by atoms with Crippen molar-refractivity contribution in [3.8, 4) is 11.5 Å². The monoisotopic (exact) mass is 814 g/mol. The number of carboxylic acid groups (broad SMARTS) is 1. The molecule has 6 rings (SSSR count). The first kappa shape index (κ1) is 44.0. The third-order valence-corrected chi connectivity index (χ3v) is 11.6. The summed E-state index contributed by atoms with van der Waals surface area (Å²) >= 11 is 2.79. The molecular weight excluding hydrogens is 767 g/mol. The topological polar surface area (TPSA) is 182 Å². The van der Waals surface area contributed by atoms with E-state index >= 15 is 0 Å². The molecule has 3 heterocycles. The molecule has 0 spiro atoms. The van der Waals surface area contributed by atoms with Crippen molar-refractivity contribution in [3.05, 3.63) is 115 Å². The minimum atomic E-state index is -1.50. The number of H-pyrrole nitrogens is 1. The summed E-state index contributed by atoms with van der Waals surface area (Å²) in [6.07, 6.45) is 2.85. The van der Waals surface area contributed by atoms with Crippen LogP contribution in [-0.2, 0) is 26.3 Å². The second kappa shape index (κ2) is 20.5. The van der Waals surface area contributed by atoms with Crippen molar-refractivity contribution in [2.75, 3.05) is 26.2 Å². The Morgan fingerprint density at radius 3 is 2.23 bits per heavy atom. The minimum absolute atomic E-state index is 0. The van der Waals surface area contributed by atoms with Crippen molar-refractivity contribution in [2.45, 2.75) is 68.9 Å². The molecule has 7 N–H and O–H groups in total. The number of aromatic hydroxyl groups is 1. The van der Waals surface area contributed by atoms with E-state index in [1.807, 2.05) is 66.2 Å². The van der Waals surface area contributed by atoms with Gasteiger partial charge in [0.15, 0.2) is 6.61 Å². The zero-order valence-electron chi connectivity index (χ0n) is 30.8. The molecule has 12 nitrogen and oxygen atoms in total. The first-order valence-corrected chi connectivity index (χ1v) is 19.9. The molecule has 0 saturated heterocycles. The number of hydrogen-bond donors (Lipinski definition) is 7. The van der Waals surface area contributed by atoms with E-state index in [0.29, 0.717) is 51.5 Å². The van der Waals surface area contributed by atoms with Crippen molar-refractivity contribution in [3.63, 3.8) is 0 Å². The molecule has 0 radical (unpaired) electrons. The fraction of sp³-hybridized carbons (Fsp3) is 0.375. The average Bonchev–Trinajstić information content (AvgIpc) is 3.92. The number of pyridine rings is 1. The molecule has 1 unspecified atom stereocenters. The Balaban J connectivity index is 0.00000348. The normalized spacial score (nSPS) is 16.6. The molecule has 5 aromatic rings. The van der Waals surface area contributed by atoms with E-state index in [1.165, 1.54) is 34.8 Å². The lowest BCUT2D eigenvalue weighted by molar-refractivity contribution is -0.170. The number of thiophene rings is 2. The number of fused-ring (bicyclic) bond motifs is 1. The maximum atomic E-state index is 12.7. The highest BCUT2D eigenvalue weighted by atomic mass is 32.1. The summed E-state index contributed by atoms with van der Waals surface area (Å²) in [5.74, 6) is -0.675. The van der Waals surface area contributed by atoms with Gasteiger partial charge in [0.1, 0.15) is 11.5 Å². The van der Waals surface area contributed by atoms with Crippen LogP contribution in [0.5, 0.6) is 11.5 Å². The number of aliphatic hydroxyl groups is 1. The summed E-state index contributed by atoms with van der Waals surface area (Å²) < 4.78 is 12.2. The molecule has 16 heteroatoms. The molecule has 1 amide bonds. The SMILES string of the molecule is CC(Cc1ccc(OCC(=O)NCCNC2CCC(OC(C(=O)O)(c3cccs3)c3cccs3)CC2)cc1)NC[C@H](O)c1ccc(O)c2[nH]c(=O)ccc12.F.F. The van der Waals surface area contributed by atoms with Gasteiger partial charge in [-0.25, -0.2) is 4.79 Å². The van der Waals surface area contributed by atoms with Gasteiger partial charge in [-0.2, -0.15) is 0 Å². The van der Waals surface area contributed by atoms with Gasteiger partial charge in [-0.3, -0.25) is 19.0 Å². The Labute approximate surface area is 330 Å². The van der Waals surface area contributed by atoms with E-state index in [-0.39, 0.29) is 58.0 Å². The van der Waals surface area contributed by atoms with E-state index in [0.717, 1.165) is 31.2 Å². The number of aromatic nitrogens is 1. The van der Waals surface area contributed by atoms with E-state index in [4.69, 9.17) is 9.47 Å². The highest BCUT2D eigenvalue weighted by molar-refractivity contribution is 7.12. The highest BCUT2D eigenvalue weighted by Crippen LogP contribution is 2.42. The molecule has 1 saturated carbocycles. The second-order valence-electron chi connectivity index (χ2n) is 13.6. The van der Waals surface area contributed by atoms with Crippen LogP contribution in [-0.4, -0.2) is 76.6 Å². The smallest absolute Gasteiger partial charge is 0.347 e. The van der Waals surface area contributed by atoms with Gasteiger partial charge < -0.3 is 45.7 Å². The van der Waals surface area contributed by atoms with Crippen LogP contribution in [0.25, 0.3) is 10.9 Å². The van der Waals surface area contributed by atoms with Crippen LogP contribution < -0.4 is 26.2 Å². The van der Waals surface area contributed by atoms with Crippen LogP contribution in [0, 0.1) is 0 Å². The number of phenolic OH excluding ortho intramolecular Hbond substituents is 1. The van der Waals surface area contributed by atoms with Crippen LogP contribution in [0.15, 0.2) is 88.4 Å². The fourth-order valence-corrected chi connectivity index (χ4v) is 8.70. The van der Waals surface area contributed by atoms with E-state index in [9.17, 15) is 29.7 Å². The molecule has 1 fully saturated rings. The third-order valence-electron chi connectivity index (χ3n) is 9.70. The molecule has 302 valence electrons. The summed E-state index contributed by atoms with van der Waals surface area (Å²) in [5, 5.41) is 45.4. The van der Waals surface area contributed by atoms with Gasteiger partial charge in [-0.1, -0.05) is 30.3 Å². The molecule has 0 aliphatic heterocycles. The van der Waals surface area contributed by atoms with Crippen LogP contribution >= 0.6 is 22.7 Å². The van der Waals surface area contributed by atoms with Gasteiger partial charge in [0.2, 0.25) is 11.2 Å². The maximum absolute atomic E-state index is 12.7. The number of carbonyl (C=O) groups excluding carboxylic acids is 1. The average molecular weight is 815 g/mol. The Morgan fingerprint density at radius 1 is 0.929 bits per heavy atom. The number of amides is 1. The number of carboxylic acids is 1. The van der Waals surface area contributed by atoms with Crippen molar-refractivity contribution >= 4 is 45.5 Å². The first-order chi connectivity index (χ1) is 26.1. The van der Waals surface area contributed by atoms with Gasteiger partial charge in [0.05, 0.1) is 27.5 Å². The summed E-state index contributed by atoms with van der Waals surface area (Å²) in [7, 11) is 0. The van der Waals surface area contributed by atoms with Crippen LogP contribution in [0.1, 0.15) is 59.6 Å². The number of aliphatic carboxylic acids is 1. The number of hydrogen-bond acceptors (Lipinski definition) is 11. The van der Waals surface area contributed by atoms with Gasteiger partial charge >= 0.3 is 5.97 Å². The zero-order chi connectivity index (χ0) is 38.1. The predicted octanol–water partition coefficient (Wildman–Crippen LogP) is 5.36. The largest absolute Gasteiger partial charge is 0.506 e. The lowest BCUT2D eigenvalue weighted by atomic mass is 9.91. The lowest BCUT2D eigenvalue weighted by Crippen LogP contribution is -2.45. The van der Waals surface area contributed by atoms with Gasteiger partial charge in [0.25, 0.3) is 5.91 Å². The van der Waals surface area contributed by atoms with Gasteiger partial charge in [-0.05, 0) is 97.3 Å². The summed E-state index contributed by atoms with van der Waals surface area (Å²) in [6, 6.07) is 21.3. The number of rotatable bonds is 18. The van der Waals surface area contributed by atoms with E-state index < -0.39 is 17.7 Å². The Bertz CT molecular complexity index is 2010. The van der Waals surface area contributed by atoms with Crippen LogP contribution in [0.3, 0.4) is 0 Å². The molecule has 0 bridgehead atoms. The molecule has 2 atom stereocenters. The fourth-order valence-electron chi connectivity index (χ4n) is 6.89. The quantitative estimate of drug-likeness (QED) is 0.0570. The summed E-state index contributed by atoms with van der Waals surface area (Å²) in [4.78, 5) is 40.8. The molecular formula is C40H48F2N4O8S2. The number of aromatic amines is 1. The first-order valence-electron chi connectivity index (χ1n) is 18.1. The number of benzene rings is 2. The van der Waals surface area contributed by atoms with Crippen LogP contribution in [0.2, 0.25) is 0 Å². The number of aliphatic hydroxyl groups excluding tert-OH is 1. The van der Waals surface area contributed by atoms with Crippen molar-refractivity contribution < 1.29 is 43.8 Å². The molecule has 56 heavy (non-hydrogen) atoms. The number of halogens is 2. The molecule has 1 aliphatic carbocycles. The summed E-state index contributed by atoms with van der Waals surface area (Å²) in [5.41, 5.74) is 0.144. The number of ether oxygens (including phenoxy) is 2. The number of phenols is 1. The summed E-state index contributed by atoms with van der Waals surface area (Å²) in [6.45, 7) is 3.27. The Kier molecular flexibility index (Phi) is 16.1. The predicted molar refractivity (Wildman–Crippen MR) is 215 cm³/mol. The lowest BCUT2D eigenvalue weighted by Gasteiger charge is -2.36. The Hall–Kier alpha value is -4.71.